The molecule has 1 aliphatic heterocycles. The van der Waals surface area contributed by atoms with Crippen molar-refractivity contribution < 1.29 is 14.3 Å². The van der Waals surface area contributed by atoms with Crippen LogP contribution < -0.4 is 15.4 Å². The first kappa shape index (κ1) is 27.1. The lowest BCUT2D eigenvalue weighted by Gasteiger charge is -2.16. The number of hydrogen-bond acceptors (Lipinski definition) is 5. The van der Waals surface area contributed by atoms with Crippen LogP contribution in [0.4, 0.5) is 0 Å². The lowest BCUT2D eigenvalue weighted by molar-refractivity contribution is -0.121. The number of aryl methyl sites for hydroxylation is 1. The van der Waals surface area contributed by atoms with Crippen molar-refractivity contribution in [1.29, 1.82) is 0 Å². The Morgan fingerprint density at radius 2 is 1.77 bits per heavy atom. The molecule has 0 saturated carbocycles. The van der Waals surface area contributed by atoms with Gasteiger partial charge in [0.2, 0.25) is 5.91 Å². The Bertz CT molecular complexity index is 1550. The number of benzene rings is 3. The molecule has 1 atom stereocenters. The van der Waals surface area contributed by atoms with E-state index in [1.54, 1.807) is 12.1 Å². The summed E-state index contributed by atoms with van der Waals surface area (Å²) in [6, 6.07) is 22.6. The maximum absolute atomic E-state index is 12.7. The van der Waals surface area contributed by atoms with Crippen LogP contribution in [0.15, 0.2) is 78.9 Å². The molecular weight excluding hydrogens is 526 g/mol. The van der Waals surface area contributed by atoms with Gasteiger partial charge in [-0.05, 0) is 67.4 Å². The number of amides is 2. The van der Waals surface area contributed by atoms with Gasteiger partial charge in [0.1, 0.15) is 24.0 Å². The summed E-state index contributed by atoms with van der Waals surface area (Å²) >= 11 is 6.20. The molecule has 0 saturated heterocycles. The summed E-state index contributed by atoms with van der Waals surface area (Å²) in [5.41, 5.74) is 4.30. The highest BCUT2D eigenvalue weighted by atomic mass is 35.5. The standard InChI is InChI=1S/C31H30ClN5O3/c1-3-33-29(38)18-23-17-26(21-9-11-24(32)12-10-21)27-19-25(13-14-28(27)37-20(2)35-36-30(23)37)40-16-15-34-31(39)22-7-5-4-6-8-22/h4-14,17,19,23H,3,15-16,18H2,1-2H3,(H,33,38)(H,34,39)/t23-/m0/s1. The van der Waals surface area contributed by atoms with Gasteiger partial charge in [-0.2, -0.15) is 0 Å². The Hall–Kier alpha value is -4.43. The minimum atomic E-state index is -0.302. The summed E-state index contributed by atoms with van der Waals surface area (Å²) in [5, 5.41) is 15.2. The molecule has 2 heterocycles. The maximum Gasteiger partial charge on any atom is 0.251 e. The number of rotatable bonds is 9. The van der Waals surface area contributed by atoms with Gasteiger partial charge in [-0.15, -0.1) is 10.2 Å². The van der Waals surface area contributed by atoms with Crippen LogP contribution >= 0.6 is 11.6 Å². The highest BCUT2D eigenvalue weighted by molar-refractivity contribution is 6.30. The van der Waals surface area contributed by atoms with E-state index in [2.05, 4.69) is 26.9 Å². The molecular formula is C31H30ClN5O3. The van der Waals surface area contributed by atoms with Gasteiger partial charge in [0.15, 0.2) is 0 Å². The molecule has 40 heavy (non-hydrogen) atoms. The van der Waals surface area contributed by atoms with Crippen molar-refractivity contribution in [2.75, 3.05) is 19.7 Å². The molecule has 0 fully saturated rings. The monoisotopic (exact) mass is 555 g/mol. The van der Waals surface area contributed by atoms with Gasteiger partial charge < -0.3 is 15.4 Å². The first-order valence-corrected chi connectivity index (χ1v) is 13.6. The van der Waals surface area contributed by atoms with E-state index < -0.39 is 0 Å². The molecule has 9 heteroatoms. The van der Waals surface area contributed by atoms with Crippen molar-refractivity contribution >= 4 is 29.0 Å². The number of nitrogens with one attached hydrogen (secondary N) is 2. The third-order valence-corrected chi connectivity index (χ3v) is 6.93. The second kappa shape index (κ2) is 12.2. The molecule has 0 aliphatic carbocycles. The Labute approximate surface area is 238 Å². The zero-order chi connectivity index (χ0) is 28.1. The van der Waals surface area contributed by atoms with E-state index in [0.717, 1.165) is 28.2 Å². The molecule has 5 rings (SSSR count). The van der Waals surface area contributed by atoms with Crippen LogP contribution in [-0.2, 0) is 4.79 Å². The van der Waals surface area contributed by atoms with E-state index in [9.17, 15) is 9.59 Å². The zero-order valence-corrected chi connectivity index (χ0v) is 23.1. The molecule has 0 spiro atoms. The minimum Gasteiger partial charge on any atom is -0.492 e. The molecule has 3 aromatic carbocycles. The maximum atomic E-state index is 12.7. The number of nitrogens with zero attached hydrogens (tertiary/aromatic N) is 3. The Balaban J connectivity index is 1.47. The highest BCUT2D eigenvalue weighted by Crippen LogP contribution is 2.39. The number of hydrogen-bond donors (Lipinski definition) is 2. The Kier molecular flexibility index (Phi) is 8.26. The number of carbonyl (C=O) groups is 2. The van der Waals surface area contributed by atoms with Crippen LogP contribution in [0.5, 0.6) is 5.75 Å². The van der Waals surface area contributed by atoms with Crippen LogP contribution in [-0.4, -0.2) is 46.3 Å². The number of carbonyl (C=O) groups excluding carboxylic acids is 2. The third kappa shape index (κ3) is 5.92. The number of halogens is 1. The molecule has 8 nitrogen and oxygen atoms in total. The average Bonchev–Trinajstić information content (AvgIpc) is 3.29. The topological polar surface area (TPSA) is 98.1 Å². The fourth-order valence-electron chi connectivity index (χ4n) is 4.82. The van der Waals surface area contributed by atoms with Gasteiger partial charge >= 0.3 is 0 Å². The van der Waals surface area contributed by atoms with Crippen LogP contribution in [0.25, 0.3) is 11.3 Å². The number of aromatic nitrogens is 3. The molecule has 4 aromatic rings. The predicted molar refractivity (Wildman–Crippen MR) is 155 cm³/mol. The summed E-state index contributed by atoms with van der Waals surface area (Å²) < 4.78 is 8.06. The average molecular weight is 556 g/mol. The van der Waals surface area contributed by atoms with E-state index in [1.165, 1.54) is 0 Å². The quantitative estimate of drug-likeness (QED) is 0.280. The van der Waals surface area contributed by atoms with Crippen molar-refractivity contribution in [3.63, 3.8) is 0 Å². The lowest BCUT2D eigenvalue weighted by Crippen LogP contribution is -2.28. The number of ether oxygens (including phenoxy) is 1. The normalized spacial score (nSPS) is 13.9. The Morgan fingerprint density at radius 3 is 2.52 bits per heavy atom. The molecule has 204 valence electrons. The van der Waals surface area contributed by atoms with E-state index in [-0.39, 0.29) is 24.2 Å². The minimum absolute atomic E-state index is 0.0565. The second-order valence-electron chi connectivity index (χ2n) is 9.44. The van der Waals surface area contributed by atoms with Crippen LogP contribution in [0.1, 0.15) is 52.4 Å². The van der Waals surface area contributed by atoms with Gasteiger partial charge in [-0.3, -0.25) is 14.2 Å². The second-order valence-corrected chi connectivity index (χ2v) is 9.88. The van der Waals surface area contributed by atoms with Gasteiger partial charge in [-0.1, -0.05) is 48.0 Å². The van der Waals surface area contributed by atoms with Crippen molar-refractivity contribution in [1.82, 2.24) is 25.4 Å². The summed E-state index contributed by atoms with van der Waals surface area (Å²) in [7, 11) is 0. The summed E-state index contributed by atoms with van der Waals surface area (Å²) in [4.78, 5) is 25.0. The molecule has 1 aliphatic rings. The lowest BCUT2D eigenvalue weighted by atomic mass is 9.92. The fourth-order valence-corrected chi connectivity index (χ4v) is 4.95. The van der Waals surface area contributed by atoms with E-state index in [4.69, 9.17) is 16.3 Å². The van der Waals surface area contributed by atoms with Crippen molar-refractivity contribution in [3.8, 4) is 11.4 Å². The largest absolute Gasteiger partial charge is 0.492 e. The van der Waals surface area contributed by atoms with E-state index >= 15 is 0 Å². The highest BCUT2D eigenvalue weighted by Gasteiger charge is 2.28. The van der Waals surface area contributed by atoms with Crippen LogP contribution in [0, 0.1) is 6.92 Å². The Morgan fingerprint density at radius 1 is 1.00 bits per heavy atom. The van der Waals surface area contributed by atoms with Gasteiger partial charge in [-0.25, -0.2) is 0 Å². The van der Waals surface area contributed by atoms with Gasteiger partial charge in [0.25, 0.3) is 5.91 Å². The summed E-state index contributed by atoms with van der Waals surface area (Å²) in [5.74, 6) is 1.57. The van der Waals surface area contributed by atoms with Crippen molar-refractivity contribution in [2.45, 2.75) is 26.2 Å². The first-order valence-electron chi connectivity index (χ1n) is 13.2. The summed E-state index contributed by atoms with van der Waals surface area (Å²) in [6.07, 6.45) is 2.32. The smallest absolute Gasteiger partial charge is 0.251 e. The number of fused-ring (bicyclic) bond motifs is 3. The molecule has 0 bridgehead atoms. The van der Waals surface area contributed by atoms with E-state index in [1.807, 2.05) is 79.1 Å². The third-order valence-electron chi connectivity index (χ3n) is 6.68. The van der Waals surface area contributed by atoms with Crippen molar-refractivity contribution in [2.24, 2.45) is 0 Å². The fraction of sp³-hybridized carbons (Fsp3) is 0.226. The molecule has 0 unspecified atom stereocenters. The van der Waals surface area contributed by atoms with Crippen LogP contribution in [0.2, 0.25) is 5.02 Å². The molecule has 1 aromatic heterocycles. The SMILES string of the molecule is CCNC(=O)C[C@@H]1C=C(c2ccc(Cl)cc2)c2cc(OCCNC(=O)c3ccccc3)ccc2-n2c(C)nnc21. The zero-order valence-electron chi connectivity index (χ0n) is 22.4. The number of allylic oxidation sites excluding steroid dienone is 1. The summed E-state index contributed by atoms with van der Waals surface area (Å²) in [6.45, 7) is 5.01. The molecule has 2 amide bonds. The predicted octanol–water partition coefficient (Wildman–Crippen LogP) is 5.09. The van der Waals surface area contributed by atoms with Crippen LogP contribution in [0.3, 0.4) is 0 Å². The van der Waals surface area contributed by atoms with Gasteiger partial charge in [0.05, 0.1) is 12.2 Å². The van der Waals surface area contributed by atoms with E-state index in [0.29, 0.717) is 41.9 Å². The molecule has 2 N–H and O–H groups in total. The molecule has 0 radical (unpaired) electrons. The van der Waals surface area contributed by atoms with Gasteiger partial charge in [0, 0.05) is 35.0 Å². The first-order chi connectivity index (χ1) is 19.4. The van der Waals surface area contributed by atoms with Crippen molar-refractivity contribution in [3.05, 3.63) is 112 Å².